The molecule has 0 atom stereocenters. The minimum atomic E-state index is -4.94. The van der Waals surface area contributed by atoms with Crippen LogP contribution in [-0.4, -0.2) is 19.1 Å². The third-order valence-corrected chi connectivity index (χ3v) is 4.89. The van der Waals surface area contributed by atoms with Gasteiger partial charge in [0.25, 0.3) is 5.78 Å². The smallest absolute Gasteiger partial charge is 0.454 e. The number of Topliss-reactive ketones (excluding diaryl/α,β-unsaturated/α-hetero) is 1. The van der Waals surface area contributed by atoms with Gasteiger partial charge >= 0.3 is 6.18 Å². The van der Waals surface area contributed by atoms with Crippen LogP contribution in [0.15, 0.2) is 76.9 Å². The second kappa shape index (κ2) is 7.33. The Kier molecular flexibility index (Phi) is 5.13. The van der Waals surface area contributed by atoms with Crippen LogP contribution in [0.2, 0.25) is 0 Å². The molecule has 0 radical (unpaired) electrons. The number of benzene rings is 1. The Morgan fingerprint density at radius 2 is 1.81 bits per heavy atom. The lowest BCUT2D eigenvalue weighted by Crippen LogP contribution is -2.26. The first-order valence-electron chi connectivity index (χ1n) is 7.81. The maximum absolute atomic E-state index is 13.0. The highest BCUT2D eigenvalue weighted by Gasteiger charge is 2.42. The molecule has 1 aliphatic carbocycles. The summed E-state index contributed by atoms with van der Waals surface area (Å²) in [5.41, 5.74) is 1.98. The third kappa shape index (κ3) is 3.65. The number of hydrogen-bond acceptors (Lipinski definition) is 3. The Hall–Kier alpha value is -2.60. The van der Waals surface area contributed by atoms with E-state index in [1.165, 1.54) is 24.5 Å². The van der Waals surface area contributed by atoms with E-state index in [9.17, 15) is 18.0 Å². The number of allylic oxidation sites excluding steroid dienone is 4. The number of thiophene rings is 1. The normalized spacial score (nSPS) is 16.6. The maximum atomic E-state index is 13.0. The molecule has 2 nitrogen and oxygen atoms in total. The Morgan fingerprint density at radius 3 is 2.38 bits per heavy atom. The lowest BCUT2D eigenvalue weighted by atomic mass is 9.88. The van der Waals surface area contributed by atoms with Gasteiger partial charge in [0.15, 0.2) is 0 Å². The zero-order valence-corrected chi connectivity index (χ0v) is 14.7. The van der Waals surface area contributed by atoms with Gasteiger partial charge in [0.05, 0.1) is 12.7 Å². The molecule has 6 heteroatoms. The van der Waals surface area contributed by atoms with Crippen LogP contribution < -0.4 is 0 Å². The summed E-state index contributed by atoms with van der Waals surface area (Å²) in [7, 11) is 1.26. The van der Waals surface area contributed by atoms with Gasteiger partial charge in [-0.05, 0) is 28.7 Å². The second-order valence-electron chi connectivity index (χ2n) is 5.63. The molecule has 0 spiro atoms. The van der Waals surface area contributed by atoms with Crippen LogP contribution in [0.3, 0.4) is 0 Å². The summed E-state index contributed by atoms with van der Waals surface area (Å²) in [6, 6.07) is 13.2. The van der Waals surface area contributed by atoms with Crippen LogP contribution in [0.5, 0.6) is 0 Å². The largest absolute Gasteiger partial charge is 0.496 e. The van der Waals surface area contributed by atoms with Gasteiger partial charge in [-0.3, -0.25) is 4.79 Å². The van der Waals surface area contributed by atoms with Gasteiger partial charge in [-0.1, -0.05) is 42.5 Å². The van der Waals surface area contributed by atoms with E-state index in [1.54, 1.807) is 6.08 Å². The zero-order chi connectivity index (χ0) is 18.7. The summed E-state index contributed by atoms with van der Waals surface area (Å²) >= 11 is 1.50. The van der Waals surface area contributed by atoms with Crippen molar-refractivity contribution in [2.24, 2.45) is 0 Å². The standard InChI is InChI=1S/C20H15F3O2S/c1-25-16-10-9-14(12-15(16)19(24)20(21,22)23)18(17-8-5-11-26-17)13-6-3-2-4-7-13/h2-11H,12H2,1H3/b18-14+. The monoisotopic (exact) mass is 376 g/mol. The molecule has 0 bridgehead atoms. The Bertz CT molecular complexity index is 889. The predicted molar refractivity (Wildman–Crippen MR) is 95.6 cm³/mol. The minimum absolute atomic E-state index is 0.0466. The molecule has 1 aliphatic rings. The summed E-state index contributed by atoms with van der Waals surface area (Å²) in [6.45, 7) is 0. The molecule has 0 N–H and O–H groups in total. The fraction of sp³-hybridized carbons (Fsp3) is 0.150. The fourth-order valence-electron chi connectivity index (χ4n) is 2.85. The molecule has 2 aromatic rings. The molecule has 1 heterocycles. The topological polar surface area (TPSA) is 26.3 Å². The molecule has 0 unspecified atom stereocenters. The molecule has 1 aromatic heterocycles. The van der Waals surface area contributed by atoms with Crippen molar-refractivity contribution in [3.8, 4) is 0 Å². The quantitative estimate of drug-likeness (QED) is 0.700. The predicted octanol–water partition coefficient (Wildman–Crippen LogP) is 5.54. The SMILES string of the molecule is COC1=C(C(=O)C(F)(F)F)C/C(=C(\c2ccccc2)c2cccs2)C=C1. The molecule has 0 fully saturated rings. The number of halogens is 3. The van der Waals surface area contributed by atoms with Crippen LogP contribution in [0.1, 0.15) is 16.9 Å². The van der Waals surface area contributed by atoms with Gasteiger partial charge in [0, 0.05) is 16.9 Å². The summed E-state index contributed by atoms with van der Waals surface area (Å²) in [4.78, 5) is 12.8. The van der Waals surface area contributed by atoms with E-state index >= 15 is 0 Å². The molecule has 134 valence electrons. The summed E-state index contributed by atoms with van der Waals surface area (Å²) in [6.07, 6.45) is -1.94. The Balaban J connectivity index is 2.13. The number of carbonyl (C=O) groups excluding carboxylic acids is 1. The molecule has 1 aromatic carbocycles. The molecule has 3 rings (SSSR count). The lowest BCUT2D eigenvalue weighted by Gasteiger charge is -2.20. The van der Waals surface area contributed by atoms with Crippen molar-refractivity contribution in [3.63, 3.8) is 0 Å². The first-order valence-corrected chi connectivity index (χ1v) is 8.69. The van der Waals surface area contributed by atoms with Crippen LogP contribution in [-0.2, 0) is 9.53 Å². The van der Waals surface area contributed by atoms with Crippen molar-refractivity contribution >= 4 is 22.7 Å². The Morgan fingerprint density at radius 1 is 1.08 bits per heavy atom. The van der Waals surface area contributed by atoms with Crippen LogP contribution in [0.4, 0.5) is 13.2 Å². The van der Waals surface area contributed by atoms with Crippen LogP contribution >= 0.6 is 11.3 Å². The van der Waals surface area contributed by atoms with Gasteiger partial charge in [0.2, 0.25) is 0 Å². The lowest BCUT2D eigenvalue weighted by molar-refractivity contribution is -0.166. The van der Waals surface area contributed by atoms with E-state index in [0.717, 1.165) is 16.0 Å². The van der Waals surface area contributed by atoms with Gasteiger partial charge < -0.3 is 4.74 Å². The molecule has 0 amide bonds. The van der Waals surface area contributed by atoms with E-state index in [0.29, 0.717) is 5.57 Å². The summed E-state index contributed by atoms with van der Waals surface area (Å²) in [5, 5.41) is 1.91. The number of carbonyl (C=O) groups is 1. The van der Waals surface area contributed by atoms with Crippen LogP contribution in [0.25, 0.3) is 5.57 Å². The molecule has 0 saturated carbocycles. The van der Waals surface area contributed by atoms with E-state index < -0.39 is 12.0 Å². The third-order valence-electron chi connectivity index (χ3n) is 4.00. The molecule has 0 saturated heterocycles. The first kappa shape index (κ1) is 18.2. The van der Waals surface area contributed by atoms with Gasteiger partial charge in [-0.15, -0.1) is 11.3 Å². The number of methoxy groups -OCH3 is 1. The van der Waals surface area contributed by atoms with Crippen molar-refractivity contribution in [3.05, 3.63) is 87.3 Å². The molecular formula is C20H15F3O2S. The van der Waals surface area contributed by atoms with Crippen LogP contribution in [0, 0.1) is 0 Å². The van der Waals surface area contributed by atoms with Crippen molar-refractivity contribution in [2.45, 2.75) is 12.6 Å². The number of hydrogen-bond donors (Lipinski definition) is 0. The second-order valence-corrected chi connectivity index (χ2v) is 6.58. The van der Waals surface area contributed by atoms with E-state index in [2.05, 4.69) is 0 Å². The van der Waals surface area contributed by atoms with Crippen molar-refractivity contribution in [1.82, 2.24) is 0 Å². The molecular weight excluding hydrogens is 361 g/mol. The number of rotatable bonds is 4. The van der Waals surface area contributed by atoms with E-state index in [1.807, 2.05) is 47.8 Å². The Labute approximate surface area is 152 Å². The average Bonchev–Trinajstić information content (AvgIpc) is 3.15. The van der Waals surface area contributed by atoms with Gasteiger partial charge in [-0.25, -0.2) is 0 Å². The number of ether oxygens (including phenoxy) is 1. The van der Waals surface area contributed by atoms with Gasteiger partial charge in [0.1, 0.15) is 5.76 Å². The minimum Gasteiger partial charge on any atom is -0.496 e. The van der Waals surface area contributed by atoms with Gasteiger partial charge in [-0.2, -0.15) is 13.2 Å². The zero-order valence-electron chi connectivity index (χ0n) is 13.8. The van der Waals surface area contributed by atoms with Crippen molar-refractivity contribution in [2.75, 3.05) is 7.11 Å². The van der Waals surface area contributed by atoms with E-state index in [-0.39, 0.29) is 17.8 Å². The summed E-state index contributed by atoms with van der Waals surface area (Å²) < 4.78 is 44.0. The number of ketones is 1. The van der Waals surface area contributed by atoms with Crippen molar-refractivity contribution in [1.29, 1.82) is 0 Å². The highest BCUT2D eigenvalue weighted by Crippen LogP contribution is 2.38. The number of alkyl halides is 3. The van der Waals surface area contributed by atoms with E-state index in [4.69, 9.17) is 4.74 Å². The van der Waals surface area contributed by atoms with Crippen molar-refractivity contribution < 1.29 is 22.7 Å². The molecule has 0 aliphatic heterocycles. The maximum Gasteiger partial charge on any atom is 0.454 e. The average molecular weight is 376 g/mol. The highest BCUT2D eigenvalue weighted by molar-refractivity contribution is 7.11. The summed E-state index contributed by atoms with van der Waals surface area (Å²) in [5.74, 6) is -1.91. The fourth-order valence-corrected chi connectivity index (χ4v) is 3.68. The molecule has 26 heavy (non-hydrogen) atoms. The highest BCUT2D eigenvalue weighted by atomic mass is 32.1. The first-order chi connectivity index (χ1) is 12.4.